The van der Waals surface area contributed by atoms with E-state index in [0.717, 1.165) is 28.0 Å². The van der Waals surface area contributed by atoms with Crippen molar-refractivity contribution < 1.29 is 39.3 Å². The number of hydrogen-bond donors (Lipinski definition) is 3. The molecule has 2 aliphatic carbocycles. The van der Waals surface area contributed by atoms with Gasteiger partial charge >= 0.3 is 5.97 Å². The van der Waals surface area contributed by atoms with Gasteiger partial charge < -0.3 is 15.3 Å². The van der Waals surface area contributed by atoms with Gasteiger partial charge in [0, 0.05) is 17.5 Å². The van der Waals surface area contributed by atoms with E-state index in [1.54, 1.807) is 49.4 Å². The Bertz CT molecular complexity index is 2140. The second-order valence-electron chi connectivity index (χ2n) is 13.2. The number of rotatable bonds is 4. The maximum atomic E-state index is 14.7. The number of fused-ring (bicyclic) bond motifs is 5. The average Bonchev–Trinajstić information content (AvgIpc) is 3.44. The summed E-state index contributed by atoms with van der Waals surface area (Å²) in [6, 6.07) is 23.1. The first-order valence-electron chi connectivity index (χ1n) is 15.8. The van der Waals surface area contributed by atoms with Gasteiger partial charge in [0.1, 0.15) is 17.1 Å². The van der Waals surface area contributed by atoms with E-state index in [2.05, 4.69) is 0 Å². The largest absolute Gasteiger partial charge is 0.508 e. The molecule has 4 amide bonds. The number of amides is 4. The van der Waals surface area contributed by atoms with E-state index in [4.69, 9.17) is 0 Å². The Morgan fingerprint density at radius 2 is 1.50 bits per heavy atom. The first-order valence-corrected chi connectivity index (χ1v) is 15.8. The SMILES string of the molecule is C[C@@]12C(=O)N(c3ccccc3)C(=O)[C@@H]1C[C@@H]1C(=CC[C@@H]3C(=O)N(c4ccc(C(=O)O)c(O)c4)C(=O)[C@@H]31)[C@@H]2c1c(O)ccc2ccccc12. The fourth-order valence-electron chi connectivity index (χ4n) is 8.83. The lowest BCUT2D eigenvalue weighted by Gasteiger charge is -2.49. The van der Waals surface area contributed by atoms with Crippen molar-refractivity contribution in [3.8, 4) is 11.5 Å². The molecule has 2 heterocycles. The number of carbonyl (C=O) groups excluding carboxylic acids is 4. The van der Waals surface area contributed by atoms with Crippen molar-refractivity contribution >= 4 is 51.7 Å². The van der Waals surface area contributed by atoms with Crippen LogP contribution in [0, 0.1) is 29.1 Å². The van der Waals surface area contributed by atoms with Crippen LogP contribution in [0.1, 0.15) is 41.6 Å². The van der Waals surface area contributed by atoms with Gasteiger partial charge in [0.05, 0.1) is 34.5 Å². The molecule has 6 atom stereocenters. The molecule has 2 saturated heterocycles. The maximum Gasteiger partial charge on any atom is 0.339 e. The van der Waals surface area contributed by atoms with E-state index in [0.29, 0.717) is 16.6 Å². The molecule has 4 aromatic carbocycles. The third kappa shape index (κ3) is 3.89. The number of carboxylic acid groups (broad SMARTS) is 1. The highest BCUT2D eigenvalue weighted by Gasteiger charge is 2.68. The highest BCUT2D eigenvalue weighted by atomic mass is 16.4. The molecule has 0 spiro atoms. The van der Waals surface area contributed by atoms with Crippen molar-refractivity contribution in [2.75, 3.05) is 9.80 Å². The Hall–Kier alpha value is -5.77. The van der Waals surface area contributed by atoms with Crippen molar-refractivity contribution in [2.45, 2.75) is 25.7 Å². The number of aromatic carboxylic acids is 1. The Morgan fingerprint density at radius 3 is 2.23 bits per heavy atom. The number of carbonyl (C=O) groups is 5. The van der Waals surface area contributed by atoms with Crippen LogP contribution in [0.4, 0.5) is 11.4 Å². The van der Waals surface area contributed by atoms with E-state index in [-0.39, 0.29) is 29.8 Å². The summed E-state index contributed by atoms with van der Waals surface area (Å²) in [6.07, 6.45) is 2.22. The summed E-state index contributed by atoms with van der Waals surface area (Å²) in [7, 11) is 0. The van der Waals surface area contributed by atoms with Crippen LogP contribution in [0.5, 0.6) is 11.5 Å². The molecule has 3 fully saturated rings. The number of imide groups is 2. The summed E-state index contributed by atoms with van der Waals surface area (Å²) < 4.78 is 0. The molecule has 4 aliphatic rings. The van der Waals surface area contributed by atoms with E-state index in [1.807, 2.05) is 30.3 Å². The van der Waals surface area contributed by atoms with Gasteiger partial charge in [-0.2, -0.15) is 0 Å². The monoisotopic (exact) mass is 642 g/mol. The van der Waals surface area contributed by atoms with Crippen LogP contribution in [-0.4, -0.2) is 44.9 Å². The first kappa shape index (κ1) is 29.6. The third-order valence-corrected chi connectivity index (χ3v) is 11.0. The molecule has 0 bridgehead atoms. The van der Waals surface area contributed by atoms with E-state index in [9.17, 15) is 39.3 Å². The summed E-state index contributed by atoms with van der Waals surface area (Å²) in [6.45, 7) is 1.77. The van der Waals surface area contributed by atoms with Crippen LogP contribution in [0.3, 0.4) is 0 Å². The Kier molecular flexibility index (Phi) is 6.40. The first-order chi connectivity index (χ1) is 23.0. The lowest BCUT2D eigenvalue weighted by Crippen LogP contribution is -2.49. The molecule has 48 heavy (non-hydrogen) atoms. The van der Waals surface area contributed by atoms with Crippen molar-refractivity contribution in [1.82, 2.24) is 0 Å². The fraction of sp³-hybridized carbons (Fsp3) is 0.237. The number of aromatic hydroxyl groups is 2. The van der Waals surface area contributed by atoms with Crippen molar-refractivity contribution in [1.29, 1.82) is 0 Å². The molecule has 0 unspecified atom stereocenters. The van der Waals surface area contributed by atoms with Gasteiger partial charge in [0.15, 0.2) is 0 Å². The molecule has 4 aromatic rings. The van der Waals surface area contributed by atoms with Gasteiger partial charge in [-0.15, -0.1) is 0 Å². The predicted octanol–water partition coefficient (Wildman–Crippen LogP) is 5.38. The van der Waals surface area contributed by atoms with Gasteiger partial charge in [0.25, 0.3) is 0 Å². The lowest BCUT2D eigenvalue weighted by molar-refractivity contribution is -0.131. The molecule has 0 radical (unpaired) electrons. The van der Waals surface area contributed by atoms with Crippen LogP contribution in [0.15, 0.2) is 96.6 Å². The number of para-hydroxylation sites is 1. The zero-order valence-electron chi connectivity index (χ0n) is 25.7. The number of benzene rings is 4. The Morgan fingerprint density at radius 1 is 0.771 bits per heavy atom. The molecule has 2 aliphatic heterocycles. The number of hydrogen-bond acceptors (Lipinski definition) is 7. The third-order valence-electron chi connectivity index (χ3n) is 11.0. The minimum absolute atomic E-state index is 0.0368. The van der Waals surface area contributed by atoms with E-state index < -0.39 is 70.4 Å². The molecule has 1 saturated carbocycles. The summed E-state index contributed by atoms with van der Waals surface area (Å²) in [5.41, 5.74) is 0.0130. The van der Waals surface area contributed by atoms with Crippen LogP contribution < -0.4 is 9.80 Å². The Labute approximate surface area is 274 Å². The van der Waals surface area contributed by atoms with Crippen LogP contribution in [0.2, 0.25) is 0 Å². The van der Waals surface area contributed by atoms with E-state index >= 15 is 0 Å². The minimum Gasteiger partial charge on any atom is -0.508 e. The maximum absolute atomic E-state index is 14.7. The predicted molar refractivity (Wildman–Crippen MR) is 174 cm³/mol. The summed E-state index contributed by atoms with van der Waals surface area (Å²) in [5.74, 6) is -7.71. The van der Waals surface area contributed by atoms with Gasteiger partial charge in [-0.1, -0.05) is 60.2 Å². The van der Waals surface area contributed by atoms with Gasteiger partial charge in [0.2, 0.25) is 23.6 Å². The molecule has 240 valence electrons. The molecule has 0 aromatic heterocycles. The number of carboxylic acids is 1. The zero-order valence-corrected chi connectivity index (χ0v) is 25.7. The number of phenols is 2. The van der Waals surface area contributed by atoms with Crippen molar-refractivity contribution in [3.05, 3.63) is 108 Å². The Balaban J connectivity index is 1.30. The number of allylic oxidation sites excluding steroid dienone is 2. The number of phenolic OH excluding ortho intramolecular Hbond substituents is 1. The number of anilines is 2. The van der Waals surface area contributed by atoms with Crippen LogP contribution in [-0.2, 0) is 19.2 Å². The highest BCUT2D eigenvalue weighted by molar-refractivity contribution is 6.25. The topological polar surface area (TPSA) is 153 Å². The normalized spacial score (nSPS) is 27.9. The molecule has 10 heteroatoms. The molecular weight excluding hydrogens is 612 g/mol. The molecule has 3 N–H and O–H groups in total. The summed E-state index contributed by atoms with van der Waals surface area (Å²) >= 11 is 0. The highest BCUT2D eigenvalue weighted by Crippen LogP contribution is 2.65. The van der Waals surface area contributed by atoms with Crippen LogP contribution >= 0.6 is 0 Å². The van der Waals surface area contributed by atoms with E-state index in [1.165, 1.54) is 11.0 Å². The van der Waals surface area contributed by atoms with Gasteiger partial charge in [-0.25, -0.2) is 14.6 Å². The lowest BCUT2D eigenvalue weighted by atomic mass is 9.51. The minimum atomic E-state index is -1.35. The van der Waals surface area contributed by atoms with Crippen molar-refractivity contribution in [3.63, 3.8) is 0 Å². The second-order valence-corrected chi connectivity index (χ2v) is 13.2. The summed E-state index contributed by atoms with van der Waals surface area (Å²) in [4.78, 5) is 71.0. The summed E-state index contributed by atoms with van der Waals surface area (Å²) in [5, 5.41) is 32.8. The average molecular weight is 643 g/mol. The van der Waals surface area contributed by atoms with Crippen LogP contribution in [0.25, 0.3) is 10.8 Å². The van der Waals surface area contributed by atoms with Gasteiger partial charge in [-0.05, 0) is 66.8 Å². The quantitative estimate of drug-likeness (QED) is 0.198. The second kappa shape index (κ2) is 10.4. The molecule has 8 rings (SSSR count). The van der Waals surface area contributed by atoms with Gasteiger partial charge in [-0.3, -0.25) is 19.2 Å². The smallest absolute Gasteiger partial charge is 0.339 e. The zero-order chi connectivity index (χ0) is 33.6. The standard InChI is InChI=1S/C38H30N2O8/c1-38-27(34(44)40(37(38)48)20-8-3-2-4-9-20)18-26-23(32(38)31-22-10-6-5-7-19(22)11-16-28(31)41)14-15-25-30(26)35(45)39(33(25)43)21-12-13-24(36(46)47)29(42)17-21/h2-14,16-17,25-27,30,32,41-42H,15,18H2,1H3,(H,46,47)/t25-,26+,27-,30-,32+,38+/m0/s1. The van der Waals surface area contributed by atoms with Crippen molar-refractivity contribution in [2.24, 2.45) is 29.1 Å². The number of nitrogens with zero attached hydrogens (tertiary/aromatic N) is 2. The molecular formula is C38H30N2O8. The molecule has 10 nitrogen and oxygen atoms in total. The fourth-order valence-corrected chi connectivity index (χ4v) is 8.83.